The van der Waals surface area contributed by atoms with Gasteiger partial charge in [-0.3, -0.25) is 9.59 Å². The zero-order valence-corrected chi connectivity index (χ0v) is 18.8. The standard InChI is InChI=1S/C25H36O5/c1-15(26)30-19(14-29-4)13-17-12-18(27)11-16-5-6-20-21-7-8-23(28)24(21,2)10-9-22(20)25(16,17)3/h11-12,19-23,28H,5-10,13-14H2,1-4H3/t19-,20+,21+,22+,23+,24+,25-/m1/s1. The van der Waals surface area contributed by atoms with Crippen molar-refractivity contribution in [3.05, 3.63) is 23.3 Å². The predicted molar refractivity (Wildman–Crippen MR) is 114 cm³/mol. The van der Waals surface area contributed by atoms with E-state index in [9.17, 15) is 14.7 Å². The molecule has 4 rings (SSSR count). The molecule has 0 heterocycles. The third-order valence-corrected chi connectivity index (χ3v) is 8.98. The van der Waals surface area contributed by atoms with Crippen LogP contribution in [-0.2, 0) is 19.1 Å². The molecule has 4 aliphatic rings. The Kier molecular flexibility index (Phi) is 5.73. The van der Waals surface area contributed by atoms with Crippen molar-refractivity contribution < 1.29 is 24.2 Å². The largest absolute Gasteiger partial charge is 0.460 e. The normalized spacial score (nSPS) is 41.2. The fourth-order valence-electron chi connectivity index (χ4n) is 7.47. The molecule has 5 heteroatoms. The van der Waals surface area contributed by atoms with E-state index in [1.54, 1.807) is 13.2 Å². The van der Waals surface area contributed by atoms with Crippen molar-refractivity contribution in [2.24, 2.45) is 28.6 Å². The molecule has 3 fully saturated rings. The summed E-state index contributed by atoms with van der Waals surface area (Å²) in [4.78, 5) is 24.2. The van der Waals surface area contributed by atoms with Crippen molar-refractivity contribution in [1.29, 1.82) is 0 Å². The second kappa shape index (κ2) is 7.90. The maximum absolute atomic E-state index is 12.5. The quantitative estimate of drug-likeness (QED) is 0.686. The molecule has 30 heavy (non-hydrogen) atoms. The van der Waals surface area contributed by atoms with Gasteiger partial charge < -0.3 is 14.6 Å². The van der Waals surface area contributed by atoms with E-state index >= 15 is 0 Å². The van der Waals surface area contributed by atoms with Gasteiger partial charge in [0.05, 0.1) is 12.7 Å². The summed E-state index contributed by atoms with van der Waals surface area (Å²) < 4.78 is 10.8. The Balaban J connectivity index is 1.66. The Morgan fingerprint density at radius 2 is 1.97 bits per heavy atom. The van der Waals surface area contributed by atoms with Crippen LogP contribution in [0.4, 0.5) is 0 Å². The van der Waals surface area contributed by atoms with Crippen LogP contribution in [0.15, 0.2) is 23.3 Å². The number of methoxy groups -OCH3 is 1. The molecule has 1 N–H and O–H groups in total. The minimum Gasteiger partial charge on any atom is -0.460 e. The molecule has 0 aromatic rings. The van der Waals surface area contributed by atoms with Gasteiger partial charge in [0.2, 0.25) is 0 Å². The van der Waals surface area contributed by atoms with Gasteiger partial charge in [0.25, 0.3) is 0 Å². The van der Waals surface area contributed by atoms with Crippen LogP contribution in [0, 0.1) is 28.6 Å². The smallest absolute Gasteiger partial charge is 0.302 e. The molecule has 166 valence electrons. The summed E-state index contributed by atoms with van der Waals surface area (Å²) in [6, 6.07) is 0. The average molecular weight is 417 g/mol. The molecule has 0 aromatic carbocycles. The monoisotopic (exact) mass is 416 g/mol. The first-order valence-corrected chi connectivity index (χ1v) is 11.5. The molecule has 0 amide bonds. The van der Waals surface area contributed by atoms with Crippen LogP contribution < -0.4 is 0 Å². The Labute approximate surface area is 179 Å². The highest BCUT2D eigenvalue weighted by molar-refractivity contribution is 6.02. The summed E-state index contributed by atoms with van der Waals surface area (Å²) in [5.74, 6) is 1.30. The van der Waals surface area contributed by atoms with Crippen molar-refractivity contribution in [2.45, 2.75) is 77.9 Å². The predicted octanol–water partition coefficient (Wildman–Crippen LogP) is 3.99. The Bertz CT molecular complexity index is 782. The van der Waals surface area contributed by atoms with Crippen LogP contribution >= 0.6 is 0 Å². The first kappa shape index (κ1) is 21.8. The second-order valence-electron chi connectivity index (χ2n) is 10.4. The maximum Gasteiger partial charge on any atom is 0.302 e. The molecular weight excluding hydrogens is 380 g/mol. The van der Waals surface area contributed by atoms with Crippen LogP contribution in [-0.4, -0.2) is 42.8 Å². The lowest BCUT2D eigenvalue weighted by molar-refractivity contribution is -0.149. The molecule has 0 radical (unpaired) electrons. The fourth-order valence-corrected chi connectivity index (χ4v) is 7.47. The lowest BCUT2D eigenvalue weighted by Gasteiger charge is -2.58. The average Bonchev–Trinajstić information content (AvgIpc) is 2.97. The molecule has 0 aliphatic heterocycles. The summed E-state index contributed by atoms with van der Waals surface area (Å²) in [5.41, 5.74) is 2.18. The number of ketones is 1. The minimum atomic E-state index is -0.384. The number of rotatable bonds is 5. The minimum absolute atomic E-state index is 0.0312. The fraction of sp³-hybridized carbons (Fsp3) is 0.760. The number of fused-ring (bicyclic) bond motifs is 5. The first-order chi connectivity index (χ1) is 14.2. The van der Waals surface area contributed by atoms with Crippen molar-refractivity contribution in [3.63, 3.8) is 0 Å². The molecule has 0 unspecified atom stereocenters. The molecular formula is C25H36O5. The van der Waals surface area contributed by atoms with Gasteiger partial charge in [0.1, 0.15) is 6.10 Å². The van der Waals surface area contributed by atoms with Gasteiger partial charge in [-0.1, -0.05) is 25.0 Å². The van der Waals surface area contributed by atoms with Crippen molar-refractivity contribution in [2.75, 3.05) is 13.7 Å². The molecule has 0 spiro atoms. The van der Waals surface area contributed by atoms with Gasteiger partial charge in [0.15, 0.2) is 5.78 Å². The van der Waals surface area contributed by atoms with Gasteiger partial charge in [0, 0.05) is 25.9 Å². The first-order valence-electron chi connectivity index (χ1n) is 11.5. The topological polar surface area (TPSA) is 72.8 Å². The Morgan fingerprint density at radius 1 is 1.20 bits per heavy atom. The molecule has 0 aromatic heterocycles. The summed E-state index contributed by atoms with van der Waals surface area (Å²) in [6.45, 7) is 6.33. The number of aliphatic hydroxyl groups is 1. The number of carbonyl (C=O) groups excluding carboxylic acids is 2. The molecule has 0 saturated heterocycles. The number of carbonyl (C=O) groups is 2. The van der Waals surface area contributed by atoms with Gasteiger partial charge in [-0.15, -0.1) is 0 Å². The van der Waals surface area contributed by atoms with E-state index < -0.39 is 0 Å². The molecule has 0 bridgehead atoms. The van der Waals surface area contributed by atoms with Crippen molar-refractivity contribution in [1.82, 2.24) is 0 Å². The Hall–Kier alpha value is -1.46. The molecule has 5 nitrogen and oxygen atoms in total. The van der Waals surface area contributed by atoms with E-state index in [2.05, 4.69) is 13.8 Å². The van der Waals surface area contributed by atoms with Crippen LogP contribution in [0.2, 0.25) is 0 Å². The number of hydrogen-bond donors (Lipinski definition) is 1. The lowest BCUT2D eigenvalue weighted by Crippen LogP contribution is -2.52. The highest BCUT2D eigenvalue weighted by Gasteiger charge is 2.59. The molecule has 4 aliphatic carbocycles. The summed E-state index contributed by atoms with van der Waals surface area (Å²) in [7, 11) is 1.61. The van der Waals surface area contributed by atoms with Crippen LogP contribution in [0.1, 0.15) is 65.7 Å². The van der Waals surface area contributed by atoms with E-state index in [0.717, 1.165) is 44.1 Å². The van der Waals surface area contributed by atoms with Crippen molar-refractivity contribution >= 4 is 11.8 Å². The number of ether oxygens (including phenoxy) is 2. The van der Waals surface area contributed by atoms with Gasteiger partial charge in [-0.05, 0) is 73.8 Å². The van der Waals surface area contributed by atoms with E-state index in [4.69, 9.17) is 9.47 Å². The van der Waals surface area contributed by atoms with E-state index in [-0.39, 0.29) is 34.8 Å². The summed E-state index contributed by atoms with van der Waals surface area (Å²) in [5, 5.41) is 10.7. The summed E-state index contributed by atoms with van der Waals surface area (Å²) in [6.07, 6.45) is 9.75. The highest BCUT2D eigenvalue weighted by atomic mass is 16.6. The van der Waals surface area contributed by atoms with Crippen molar-refractivity contribution in [3.8, 4) is 0 Å². The van der Waals surface area contributed by atoms with Gasteiger partial charge in [-0.25, -0.2) is 0 Å². The maximum atomic E-state index is 12.5. The van der Waals surface area contributed by atoms with E-state index in [1.165, 1.54) is 12.5 Å². The zero-order valence-electron chi connectivity index (χ0n) is 18.8. The van der Waals surface area contributed by atoms with E-state index in [1.807, 2.05) is 6.08 Å². The number of allylic oxidation sites excluding steroid dienone is 3. The molecule has 3 saturated carbocycles. The zero-order chi connectivity index (χ0) is 21.7. The Morgan fingerprint density at radius 3 is 2.67 bits per heavy atom. The van der Waals surface area contributed by atoms with E-state index in [0.29, 0.717) is 30.8 Å². The third kappa shape index (κ3) is 3.38. The van der Waals surface area contributed by atoms with Crippen LogP contribution in [0.3, 0.4) is 0 Å². The van der Waals surface area contributed by atoms with Crippen LogP contribution in [0.5, 0.6) is 0 Å². The van der Waals surface area contributed by atoms with Crippen LogP contribution in [0.25, 0.3) is 0 Å². The number of hydrogen-bond acceptors (Lipinski definition) is 5. The highest BCUT2D eigenvalue weighted by Crippen LogP contribution is 2.66. The second-order valence-corrected chi connectivity index (χ2v) is 10.4. The summed E-state index contributed by atoms with van der Waals surface area (Å²) >= 11 is 0. The van der Waals surface area contributed by atoms with Gasteiger partial charge in [-0.2, -0.15) is 0 Å². The third-order valence-electron chi connectivity index (χ3n) is 8.98. The molecule has 7 atom stereocenters. The number of aliphatic hydroxyl groups excluding tert-OH is 1. The lowest BCUT2D eigenvalue weighted by atomic mass is 9.46. The SMILES string of the molecule is COC[C@@H](CC1=CC(=O)C=C2CC[C@@H]3[C@H](CC[C@]4(C)[C@@H](O)CC[C@@H]34)[C@]21C)OC(C)=O. The van der Waals surface area contributed by atoms with Gasteiger partial charge >= 0.3 is 5.97 Å². The number of esters is 1.